The molecule has 6 heteroatoms. The molecule has 5 nitrogen and oxygen atoms in total. The molecule has 0 radical (unpaired) electrons. The highest BCUT2D eigenvalue weighted by molar-refractivity contribution is 7.89. The van der Waals surface area contributed by atoms with Crippen molar-refractivity contribution in [3.63, 3.8) is 0 Å². The van der Waals surface area contributed by atoms with E-state index in [9.17, 15) is 13.2 Å². The summed E-state index contributed by atoms with van der Waals surface area (Å²) in [4.78, 5) is 11.2. The van der Waals surface area contributed by atoms with E-state index in [0.717, 1.165) is 18.4 Å². The Morgan fingerprint density at radius 1 is 1.35 bits per heavy atom. The zero-order valence-electron chi connectivity index (χ0n) is 11.6. The number of nitrogens with zero attached hydrogens (tertiary/aromatic N) is 1. The summed E-state index contributed by atoms with van der Waals surface area (Å²) in [5.74, 6) is -1.69. The number of carbonyl (C=O) groups is 1. The molecule has 20 heavy (non-hydrogen) atoms. The lowest BCUT2D eigenvalue weighted by atomic mass is 10.2. The molecular weight excluding hydrogens is 278 g/mol. The van der Waals surface area contributed by atoms with Gasteiger partial charge in [-0.25, -0.2) is 8.42 Å². The van der Waals surface area contributed by atoms with Crippen LogP contribution in [0.3, 0.4) is 0 Å². The summed E-state index contributed by atoms with van der Waals surface area (Å²) in [6.07, 6.45) is 1.61. The Morgan fingerprint density at radius 3 is 2.35 bits per heavy atom. The van der Waals surface area contributed by atoms with E-state index >= 15 is 0 Å². The van der Waals surface area contributed by atoms with Gasteiger partial charge in [0.1, 0.15) is 0 Å². The van der Waals surface area contributed by atoms with Crippen molar-refractivity contribution in [2.45, 2.75) is 37.6 Å². The van der Waals surface area contributed by atoms with Gasteiger partial charge in [-0.3, -0.25) is 4.79 Å². The predicted octanol–water partition coefficient (Wildman–Crippen LogP) is 1.87. The lowest BCUT2D eigenvalue weighted by Gasteiger charge is -2.23. The van der Waals surface area contributed by atoms with Crippen LogP contribution in [0.25, 0.3) is 0 Å². The summed E-state index contributed by atoms with van der Waals surface area (Å²) in [6, 6.07) is 6.59. The van der Waals surface area contributed by atoms with E-state index in [4.69, 9.17) is 5.11 Å². The van der Waals surface area contributed by atoms with Crippen LogP contribution >= 0.6 is 0 Å². The number of carboxylic acid groups (broad SMARTS) is 1. The number of hydrogen-bond acceptors (Lipinski definition) is 3. The normalized spacial score (nSPS) is 17.1. The molecule has 0 amide bonds. The first-order valence-corrected chi connectivity index (χ1v) is 8.07. The van der Waals surface area contributed by atoms with E-state index in [1.807, 2.05) is 6.92 Å². The second-order valence-electron chi connectivity index (χ2n) is 5.36. The molecule has 1 aliphatic carbocycles. The van der Waals surface area contributed by atoms with Crippen molar-refractivity contribution in [3.8, 4) is 0 Å². The molecule has 0 saturated heterocycles. The highest BCUT2D eigenvalue weighted by atomic mass is 32.2. The molecule has 0 aliphatic heterocycles. The number of aryl methyl sites for hydroxylation is 1. The number of aliphatic carboxylic acids is 1. The second-order valence-corrected chi connectivity index (χ2v) is 7.25. The summed E-state index contributed by atoms with van der Waals surface area (Å²) in [6.45, 7) is 3.44. The van der Waals surface area contributed by atoms with Crippen LogP contribution in [0.15, 0.2) is 29.2 Å². The SMILES string of the molecule is Cc1ccc(S(=O)(=O)N(CC(C)C(=O)O)C2CC2)cc1. The van der Waals surface area contributed by atoms with Crippen molar-refractivity contribution in [1.29, 1.82) is 0 Å². The molecule has 1 aromatic rings. The zero-order valence-corrected chi connectivity index (χ0v) is 12.4. The third-order valence-electron chi connectivity index (χ3n) is 3.46. The average Bonchev–Trinajstić information content (AvgIpc) is 3.20. The van der Waals surface area contributed by atoms with Gasteiger partial charge in [-0.2, -0.15) is 4.31 Å². The summed E-state index contributed by atoms with van der Waals surface area (Å²) in [7, 11) is -3.61. The Balaban J connectivity index is 2.28. The second kappa shape index (κ2) is 5.54. The molecule has 1 aliphatic rings. The van der Waals surface area contributed by atoms with Gasteiger partial charge in [0.2, 0.25) is 10.0 Å². The van der Waals surface area contributed by atoms with Gasteiger partial charge in [0.05, 0.1) is 10.8 Å². The van der Waals surface area contributed by atoms with Crippen molar-refractivity contribution < 1.29 is 18.3 Å². The Labute approximate surface area is 119 Å². The van der Waals surface area contributed by atoms with Gasteiger partial charge in [-0.15, -0.1) is 0 Å². The number of carboxylic acids is 1. The molecule has 1 N–H and O–H groups in total. The van der Waals surface area contributed by atoms with Crippen molar-refractivity contribution >= 4 is 16.0 Å². The summed E-state index contributed by atoms with van der Waals surface area (Å²) >= 11 is 0. The van der Waals surface area contributed by atoms with Crippen LogP contribution in [-0.2, 0) is 14.8 Å². The van der Waals surface area contributed by atoms with Gasteiger partial charge in [-0.05, 0) is 31.9 Å². The predicted molar refractivity (Wildman–Crippen MR) is 74.9 cm³/mol. The Hall–Kier alpha value is -1.40. The van der Waals surface area contributed by atoms with E-state index in [1.165, 1.54) is 11.2 Å². The highest BCUT2D eigenvalue weighted by Gasteiger charge is 2.39. The smallest absolute Gasteiger partial charge is 0.307 e. The fourth-order valence-electron chi connectivity index (χ4n) is 2.00. The fraction of sp³-hybridized carbons (Fsp3) is 0.500. The topological polar surface area (TPSA) is 74.7 Å². The van der Waals surface area contributed by atoms with Crippen LogP contribution in [-0.4, -0.2) is 36.4 Å². The summed E-state index contributed by atoms with van der Waals surface area (Å²) in [5, 5.41) is 8.98. The molecular formula is C14H19NO4S. The Morgan fingerprint density at radius 2 is 1.90 bits per heavy atom. The number of hydrogen-bond donors (Lipinski definition) is 1. The van der Waals surface area contributed by atoms with E-state index in [1.54, 1.807) is 24.3 Å². The van der Waals surface area contributed by atoms with Crippen molar-refractivity contribution in [1.82, 2.24) is 4.31 Å². The van der Waals surface area contributed by atoms with E-state index in [-0.39, 0.29) is 17.5 Å². The van der Waals surface area contributed by atoms with Crippen LogP contribution in [0, 0.1) is 12.8 Å². The molecule has 1 unspecified atom stereocenters. The van der Waals surface area contributed by atoms with Crippen LogP contribution in [0.1, 0.15) is 25.3 Å². The van der Waals surface area contributed by atoms with Crippen molar-refractivity contribution in [2.24, 2.45) is 5.92 Å². The molecule has 110 valence electrons. The minimum atomic E-state index is -3.61. The lowest BCUT2D eigenvalue weighted by molar-refractivity contribution is -0.141. The van der Waals surface area contributed by atoms with Gasteiger partial charge < -0.3 is 5.11 Å². The van der Waals surface area contributed by atoms with Crippen LogP contribution in [0.5, 0.6) is 0 Å². The maximum absolute atomic E-state index is 12.6. The number of benzene rings is 1. The number of sulfonamides is 1. The third-order valence-corrected chi connectivity index (χ3v) is 5.39. The molecule has 0 heterocycles. The third kappa shape index (κ3) is 3.19. The van der Waals surface area contributed by atoms with Crippen LogP contribution in [0.2, 0.25) is 0 Å². The minimum absolute atomic E-state index is 0.0240. The molecule has 1 saturated carbocycles. The first-order chi connectivity index (χ1) is 9.32. The van der Waals surface area contributed by atoms with Crippen molar-refractivity contribution in [3.05, 3.63) is 29.8 Å². The van der Waals surface area contributed by atoms with Crippen LogP contribution in [0.4, 0.5) is 0 Å². The van der Waals surface area contributed by atoms with E-state index in [0.29, 0.717) is 0 Å². The van der Waals surface area contributed by atoms with Crippen molar-refractivity contribution in [2.75, 3.05) is 6.54 Å². The van der Waals surface area contributed by atoms with Gasteiger partial charge in [0.25, 0.3) is 0 Å². The number of rotatable bonds is 6. The van der Waals surface area contributed by atoms with Gasteiger partial charge in [-0.1, -0.05) is 24.6 Å². The highest BCUT2D eigenvalue weighted by Crippen LogP contribution is 2.32. The largest absolute Gasteiger partial charge is 0.481 e. The molecule has 2 rings (SSSR count). The standard InChI is InChI=1S/C14H19NO4S/c1-10-3-7-13(8-4-10)20(18,19)15(12-5-6-12)9-11(2)14(16)17/h3-4,7-8,11-12H,5-6,9H2,1-2H3,(H,16,17). The Kier molecular flexibility index (Phi) is 4.15. The summed E-state index contributed by atoms with van der Waals surface area (Å²) < 4.78 is 26.6. The molecule has 1 fully saturated rings. The van der Waals surface area contributed by atoms with E-state index in [2.05, 4.69) is 0 Å². The van der Waals surface area contributed by atoms with Gasteiger partial charge in [0.15, 0.2) is 0 Å². The summed E-state index contributed by atoms with van der Waals surface area (Å²) in [5.41, 5.74) is 0.987. The van der Waals surface area contributed by atoms with Crippen LogP contribution < -0.4 is 0 Å². The molecule has 1 aromatic carbocycles. The maximum Gasteiger partial charge on any atom is 0.307 e. The first-order valence-electron chi connectivity index (χ1n) is 6.63. The first kappa shape index (κ1) is 15.0. The quantitative estimate of drug-likeness (QED) is 0.870. The monoisotopic (exact) mass is 297 g/mol. The molecule has 0 aromatic heterocycles. The Bertz CT molecular complexity index is 590. The average molecular weight is 297 g/mol. The molecule has 0 bridgehead atoms. The molecule has 0 spiro atoms. The van der Waals surface area contributed by atoms with E-state index < -0.39 is 21.9 Å². The minimum Gasteiger partial charge on any atom is -0.481 e. The fourth-order valence-corrected chi connectivity index (χ4v) is 3.77. The zero-order chi connectivity index (χ0) is 14.9. The maximum atomic E-state index is 12.6. The lowest BCUT2D eigenvalue weighted by Crippen LogP contribution is -2.38. The van der Waals surface area contributed by atoms with Gasteiger partial charge >= 0.3 is 5.97 Å². The molecule has 1 atom stereocenters. The van der Waals surface area contributed by atoms with Gasteiger partial charge in [0, 0.05) is 12.6 Å².